The summed E-state index contributed by atoms with van der Waals surface area (Å²) in [6.07, 6.45) is 3.27. The molecule has 0 amide bonds. The highest BCUT2D eigenvalue weighted by atomic mass is 32.2. The number of aryl methyl sites for hydroxylation is 2. The fourth-order valence-electron chi connectivity index (χ4n) is 3.18. The third kappa shape index (κ3) is 5.71. The number of hydrogen-bond donors (Lipinski definition) is 1. The van der Waals surface area contributed by atoms with Crippen LogP contribution in [0, 0.1) is 5.82 Å². The first kappa shape index (κ1) is 21.1. The first-order valence-corrected chi connectivity index (χ1v) is 10.9. The molecule has 0 heterocycles. The number of benzene rings is 2. The second-order valence-corrected chi connectivity index (χ2v) is 8.64. The molecule has 2 aromatic carbocycles. The van der Waals surface area contributed by atoms with Crippen LogP contribution in [0.5, 0.6) is 0 Å². The lowest BCUT2D eigenvalue weighted by atomic mass is 10.0. The van der Waals surface area contributed by atoms with E-state index < -0.39 is 21.8 Å². The Bertz CT molecular complexity index is 1000. The lowest BCUT2D eigenvalue weighted by Crippen LogP contribution is -2.25. The first-order valence-electron chi connectivity index (χ1n) is 9.41. The van der Waals surface area contributed by atoms with Crippen LogP contribution in [0.15, 0.2) is 47.4 Å². The maximum atomic E-state index is 12.9. The molecule has 0 saturated carbocycles. The fourth-order valence-corrected chi connectivity index (χ4v) is 4.26. The predicted octanol–water partition coefficient (Wildman–Crippen LogP) is 2.80. The molecule has 0 fully saturated rings. The average molecular weight is 419 g/mol. The highest BCUT2D eigenvalue weighted by Crippen LogP contribution is 2.23. The molecule has 2 aromatic rings. The summed E-state index contributed by atoms with van der Waals surface area (Å²) in [6.45, 7) is -0.313. The van der Waals surface area contributed by atoms with Gasteiger partial charge < -0.3 is 4.74 Å². The maximum absolute atomic E-state index is 12.9. The van der Waals surface area contributed by atoms with Crippen molar-refractivity contribution in [2.24, 2.45) is 0 Å². The van der Waals surface area contributed by atoms with Crippen molar-refractivity contribution in [3.8, 4) is 0 Å². The lowest BCUT2D eigenvalue weighted by Gasteiger charge is -2.08. The second kappa shape index (κ2) is 9.28. The normalized spacial score (nSPS) is 13.1. The van der Waals surface area contributed by atoms with E-state index in [0.29, 0.717) is 5.56 Å². The van der Waals surface area contributed by atoms with Gasteiger partial charge in [-0.15, -0.1) is 0 Å². The van der Waals surface area contributed by atoms with Crippen LogP contribution in [0.1, 0.15) is 40.7 Å². The summed E-state index contributed by atoms with van der Waals surface area (Å²) >= 11 is 0. The molecule has 3 rings (SSSR count). The van der Waals surface area contributed by atoms with Crippen LogP contribution in [0.3, 0.4) is 0 Å². The Morgan fingerprint density at radius 1 is 1.03 bits per heavy atom. The van der Waals surface area contributed by atoms with Gasteiger partial charge >= 0.3 is 5.97 Å². The van der Waals surface area contributed by atoms with E-state index in [4.69, 9.17) is 4.74 Å². The van der Waals surface area contributed by atoms with E-state index in [2.05, 4.69) is 4.72 Å². The number of carbonyl (C=O) groups is 2. The summed E-state index contributed by atoms with van der Waals surface area (Å²) in [5, 5.41) is 0. The summed E-state index contributed by atoms with van der Waals surface area (Å²) in [4.78, 5) is 23.9. The summed E-state index contributed by atoms with van der Waals surface area (Å²) < 4.78 is 44.3. The van der Waals surface area contributed by atoms with Crippen LogP contribution in [-0.4, -0.2) is 33.3 Å². The molecule has 0 unspecified atom stereocenters. The number of hydrogen-bond acceptors (Lipinski definition) is 5. The van der Waals surface area contributed by atoms with Gasteiger partial charge in [-0.1, -0.05) is 12.1 Å². The minimum atomic E-state index is -3.76. The molecule has 6 nitrogen and oxygen atoms in total. The Labute approximate surface area is 169 Å². The maximum Gasteiger partial charge on any atom is 0.306 e. The first-order chi connectivity index (χ1) is 13.8. The number of ether oxygens (including phenoxy) is 1. The summed E-state index contributed by atoms with van der Waals surface area (Å²) in [6, 6.07) is 10.0. The minimum absolute atomic E-state index is 0.0214. The smallest absolute Gasteiger partial charge is 0.306 e. The van der Waals surface area contributed by atoms with Gasteiger partial charge in [0.15, 0.2) is 12.4 Å². The van der Waals surface area contributed by atoms with Gasteiger partial charge in [-0.25, -0.2) is 17.5 Å². The Hall–Kier alpha value is -2.58. The van der Waals surface area contributed by atoms with E-state index in [-0.39, 0.29) is 36.7 Å². The van der Waals surface area contributed by atoms with Gasteiger partial charge in [-0.3, -0.25) is 9.59 Å². The van der Waals surface area contributed by atoms with Crippen molar-refractivity contribution in [2.75, 3.05) is 13.2 Å². The van der Waals surface area contributed by atoms with Crippen LogP contribution in [0.25, 0.3) is 0 Å². The summed E-state index contributed by atoms with van der Waals surface area (Å²) in [5.74, 6) is -1.35. The molecule has 154 valence electrons. The Morgan fingerprint density at radius 2 is 1.76 bits per heavy atom. The van der Waals surface area contributed by atoms with E-state index in [0.717, 1.165) is 43.5 Å². The van der Waals surface area contributed by atoms with Crippen LogP contribution in [-0.2, 0) is 32.4 Å². The van der Waals surface area contributed by atoms with Gasteiger partial charge in [0.05, 0.1) is 4.90 Å². The topological polar surface area (TPSA) is 89.5 Å². The molecule has 0 aromatic heterocycles. The molecule has 0 bridgehead atoms. The van der Waals surface area contributed by atoms with E-state index >= 15 is 0 Å². The number of esters is 1. The molecule has 0 saturated heterocycles. The molecule has 8 heteroatoms. The highest BCUT2D eigenvalue weighted by Gasteiger charge is 2.16. The Kier molecular flexibility index (Phi) is 6.76. The Morgan fingerprint density at radius 3 is 2.52 bits per heavy atom. The number of halogens is 1. The van der Waals surface area contributed by atoms with Crippen LogP contribution >= 0.6 is 0 Å². The molecule has 29 heavy (non-hydrogen) atoms. The number of fused-ring (bicyclic) bond motifs is 1. The van der Waals surface area contributed by atoms with Crippen LogP contribution in [0.2, 0.25) is 0 Å². The van der Waals surface area contributed by atoms with Gasteiger partial charge in [0.2, 0.25) is 10.0 Å². The van der Waals surface area contributed by atoms with Crippen LogP contribution in [0.4, 0.5) is 4.39 Å². The molecular weight excluding hydrogens is 397 g/mol. The fraction of sp³-hybridized carbons (Fsp3) is 0.333. The molecule has 1 N–H and O–H groups in total. The largest absolute Gasteiger partial charge is 0.457 e. The van der Waals surface area contributed by atoms with E-state index in [1.54, 1.807) is 6.07 Å². The molecule has 0 atom stereocenters. The van der Waals surface area contributed by atoms with Gasteiger partial charge in [0, 0.05) is 18.5 Å². The second-order valence-electron chi connectivity index (χ2n) is 6.88. The van der Waals surface area contributed by atoms with Crippen molar-refractivity contribution in [3.05, 3.63) is 65.0 Å². The van der Waals surface area contributed by atoms with Gasteiger partial charge in [0.25, 0.3) is 0 Å². The molecule has 0 radical (unpaired) electrons. The zero-order valence-electron chi connectivity index (χ0n) is 15.8. The predicted molar refractivity (Wildman–Crippen MR) is 105 cm³/mol. The molecule has 1 aliphatic carbocycles. The Balaban J connectivity index is 1.39. The number of sulfonamides is 1. The number of nitrogens with one attached hydrogen (secondary N) is 1. The van der Waals surface area contributed by atoms with Gasteiger partial charge in [0.1, 0.15) is 5.82 Å². The van der Waals surface area contributed by atoms with Crippen molar-refractivity contribution in [3.63, 3.8) is 0 Å². The minimum Gasteiger partial charge on any atom is -0.457 e. The SMILES string of the molecule is O=C(CCCNS(=O)(=O)c1ccc(F)cc1)OCC(=O)c1ccc2c(c1)CCC2. The molecule has 0 aliphatic heterocycles. The van der Waals surface area contributed by atoms with E-state index in [1.165, 1.54) is 11.1 Å². The highest BCUT2D eigenvalue weighted by molar-refractivity contribution is 7.89. The van der Waals surface area contributed by atoms with Crippen molar-refractivity contribution >= 4 is 21.8 Å². The number of rotatable bonds is 9. The van der Waals surface area contributed by atoms with Gasteiger partial charge in [-0.2, -0.15) is 0 Å². The molecule has 1 aliphatic rings. The van der Waals surface area contributed by atoms with Crippen molar-refractivity contribution in [1.82, 2.24) is 4.72 Å². The third-order valence-electron chi connectivity index (χ3n) is 4.76. The van der Waals surface area contributed by atoms with E-state index in [1.807, 2.05) is 12.1 Å². The van der Waals surface area contributed by atoms with Crippen LogP contribution < -0.4 is 4.72 Å². The monoisotopic (exact) mass is 419 g/mol. The summed E-state index contributed by atoms with van der Waals surface area (Å²) in [7, 11) is -3.76. The van der Waals surface area contributed by atoms with Crippen molar-refractivity contribution in [2.45, 2.75) is 37.0 Å². The van der Waals surface area contributed by atoms with Crippen molar-refractivity contribution in [1.29, 1.82) is 0 Å². The van der Waals surface area contributed by atoms with Crippen molar-refractivity contribution < 1.29 is 27.1 Å². The standard InChI is InChI=1S/C21H22FNO5S/c22-18-8-10-19(11-9-18)29(26,27)23-12-2-5-21(25)28-14-20(24)17-7-6-15-3-1-4-16(15)13-17/h6-11,13,23H,1-5,12,14H2. The third-order valence-corrected chi connectivity index (χ3v) is 6.24. The van der Waals surface area contributed by atoms with E-state index in [9.17, 15) is 22.4 Å². The zero-order chi connectivity index (χ0) is 20.9. The molecule has 0 spiro atoms. The number of Topliss-reactive ketones (excluding diaryl/α,β-unsaturated/α-hetero) is 1. The number of carbonyl (C=O) groups excluding carboxylic acids is 2. The average Bonchev–Trinajstić information content (AvgIpc) is 3.17. The number of ketones is 1. The molecular formula is C21H22FNO5S. The van der Waals surface area contributed by atoms with Gasteiger partial charge in [-0.05, 0) is 67.1 Å². The summed E-state index contributed by atoms with van der Waals surface area (Å²) in [5.41, 5.74) is 2.97. The zero-order valence-corrected chi connectivity index (χ0v) is 16.6. The quantitative estimate of drug-likeness (QED) is 0.384. The lowest BCUT2D eigenvalue weighted by molar-refractivity contribution is -0.142.